The average molecular weight is 373 g/mol. The molecule has 0 radical (unpaired) electrons. The highest BCUT2D eigenvalue weighted by Gasteiger charge is 2.25. The molecule has 0 saturated heterocycles. The third-order valence-corrected chi connectivity index (χ3v) is 6.70. The number of hydrogen-bond donors (Lipinski definition) is 1. The molecule has 1 aliphatic rings. The van der Waals surface area contributed by atoms with E-state index < -0.39 is 0 Å². The van der Waals surface area contributed by atoms with Crippen molar-refractivity contribution < 1.29 is 0 Å². The molecule has 1 N–H and O–H groups in total. The number of fused-ring (bicyclic) bond motifs is 5. The van der Waals surface area contributed by atoms with E-state index in [1.54, 1.807) is 6.33 Å². The SMILES string of the molecule is CCN(CC)CCCNc1nc2sc3c(c2c2ncnn12)C(C)CCC3. The largest absolute Gasteiger partial charge is 0.354 e. The van der Waals surface area contributed by atoms with Gasteiger partial charge < -0.3 is 10.2 Å². The predicted molar refractivity (Wildman–Crippen MR) is 108 cm³/mol. The Hall–Kier alpha value is -1.73. The summed E-state index contributed by atoms with van der Waals surface area (Å²) in [4.78, 5) is 14.5. The highest BCUT2D eigenvalue weighted by molar-refractivity contribution is 7.19. The van der Waals surface area contributed by atoms with Crippen LogP contribution < -0.4 is 5.32 Å². The maximum atomic E-state index is 4.93. The summed E-state index contributed by atoms with van der Waals surface area (Å²) in [5, 5.41) is 9.16. The molecule has 0 bridgehead atoms. The summed E-state index contributed by atoms with van der Waals surface area (Å²) in [6, 6.07) is 0. The van der Waals surface area contributed by atoms with Crippen LogP contribution >= 0.6 is 11.3 Å². The fourth-order valence-corrected chi connectivity index (χ4v) is 5.39. The molecule has 1 unspecified atom stereocenters. The van der Waals surface area contributed by atoms with Crippen LogP contribution in [-0.4, -0.2) is 50.7 Å². The van der Waals surface area contributed by atoms with Crippen LogP contribution in [0.25, 0.3) is 15.9 Å². The van der Waals surface area contributed by atoms with E-state index >= 15 is 0 Å². The third kappa shape index (κ3) is 3.07. The molecule has 3 aromatic rings. The Kier molecular flexibility index (Phi) is 5.09. The van der Waals surface area contributed by atoms with Gasteiger partial charge in [0.2, 0.25) is 5.95 Å². The minimum Gasteiger partial charge on any atom is -0.354 e. The number of nitrogens with zero attached hydrogens (tertiary/aromatic N) is 5. The summed E-state index contributed by atoms with van der Waals surface area (Å²) in [5.74, 6) is 1.40. The summed E-state index contributed by atoms with van der Waals surface area (Å²) in [7, 11) is 0. The maximum absolute atomic E-state index is 4.93. The van der Waals surface area contributed by atoms with E-state index in [0.717, 1.165) is 49.0 Å². The standard InChI is InChI=1S/C19H28N6S/c1-4-24(5-2)11-7-10-20-19-23-18-16(17-21-12-22-25(17)19)15-13(3)8-6-9-14(15)26-18/h12-13H,4-11H2,1-3H3,(H,20,23). The minimum absolute atomic E-state index is 0.586. The molecular weight excluding hydrogens is 344 g/mol. The lowest BCUT2D eigenvalue weighted by Crippen LogP contribution is -2.25. The Morgan fingerprint density at radius 1 is 1.35 bits per heavy atom. The fourth-order valence-electron chi connectivity index (χ4n) is 4.06. The van der Waals surface area contributed by atoms with Crippen molar-refractivity contribution in [2.75, 3.05) is 31.5 Å². The zero-order valence-corrected chi connectivity index (χ0v) is 16.8. The van der Waals surface area contributed by atoms with Crippen molar-refractivity contribution in [1.29, 1.82) is 0 Å². The van der Waals surface area contributed by atoms with E-state index in [4.69, 9.17) is 4.98 Å². The molecule has 0 saturated carbocycles. The van der Waals surface area contributed by atoms with Crippen molar-refractivity contribution in [3.8, 4) is 0 Å². The minimum atomic E-state index is 0.586. The Morgan fingerprint density at radius 3 is 3.00 bits per heavy atom. The molecule has 6 nitrogen and oxygen atoms in total. The van der Waals surface area contributed by atoms with E-state index in [1.165, 1.54) is 35.1 Å². The van der Waals surface area contributed by atoms with Crippen LogP contribution in [0, 0.1) is 0 Å². The molecule has 1 atom stereocenters. The van der Waals surface area contributed by atoms with Crippen LogP contribution in [0.2, 0.25) is 0 Å². The molecule has 140 valence electrons. The Labute approximate surface area is 158 Å². The second-order valence-electron chi connectivity index (χ2n) is 7.15. The average Bonchev–Trinajstić information content (AvgIpc) is 3.26. The molecule has 0 spiro atoms. The molecule has 3 aromatic heterocycles. The Morgan fingerprint density at radius 2 is 2.19 bits per heavy atom. The van der Waals surface area contributed by atoms with Gasteiger partial charge in [-0.2, -0.15) is 9.61 Å². The van der Waals surface area contributed by atoms with E-state index in [9.17, 15) is 0 Å². The molecular formula is C19H28N6S. The summed E-state index contributed by atoms with van der Waals surface area (Å²) < 4.78 is 1.88. The normalized spacial score (nSPS) is 17.3. The first kappa shape index (κ1) is 17.7. The van der Waals surface area contributed by atoms with Gasteiger partial charge in [0.1, 0.15) is 11.2 Å². The topological polar surface area (TPSA) is 58.3 Å². The van der Waals surface area contributed by atoms with Crippen LogP contribution in [-0.2, 0) is 6.42 Å². The number of nitrogens with one attached hydrogen (secondary N) is 1. The second kappa shape index (κ2) is 7.48. The summed E-state index contributed by atoms with van der Waals surface area (Å²) in [5.41, 5.74) is 2.42. The van der Waals surface area contributed by atoms with Crippen molar-refractivity contribution in [2.45, 2.75) is 52.4 Å². The molecule has 3 heterocycles. The monoisotopic (exact) mass is 372 g/mol. The summed E-state index contributed by atoms with van der Waals surface area (Å²) in [6.07, 6.45) is 6.45. The molecule has 0 fully saturated rings. The number of thiophene rings is 1. The van der Waals surface area contributed by atoms with Gasteiger partial charge in [-0.1, -0.05) is 20.8 Å². The molecule has 0 aliphatic heterocycles. The van der Waals surface area contributed by atoms with Gasteiger partial charge in [0.25, 0.3) is 0 Å². The molecule has 4 rings (SSSR count). The van der Waals surface area contributed by atoms with Crippen molar-refractivity contribution in [3.05, 3.63) is 16.8 Å². The number of aromatic nitrogens is 4. The van der Waals surface area contributed by atoms with Gasteiger partial charge >= 0.3 is 0 Å². The lowest BCUT2D eigenvalue weighted by Gasteiger charge is -2.19. The maximum Gasteiger partial charge on any atom is 0.227 e. The molecule has 1 aliphatic carbocycles. The zero-order valence-electron chi connectivity index (χ0n) is 16.0. The van der Waals surface area contributed by atoms with E-state index in [-0.39, 0.29) is 0 Å². The first-order valence-corrected chi connectivity index (χ1v) is 10.7. The molecule has 7 heteroatoms. The first-order valence-electron chi connectivity index (χ1n) is 9.84. The smallest absolute Gasteiger partial charge is 0.227 e. The van der Waals surface area contributed by atoms with Crippen LogP contribution in [0.3, 0.4) is 0 Å². The highest BCUT2D eigenvalue weighted by Crippen LogP contribution is 2.43. The Bertz CT molecular complexity index is 894. The van der Waals surface area contributed by atoms with Gasteiger partial charge in [-0.25, -0.2) is 9.97 Å². The molecule has 26 heavy (non-hydrogen) atoms. The van der Waals surface area contributed by atoms with Gasteiger partial charge in [0.15, 0.2) is 5.65 Å². The van der Waals surface area contributed by atoms with Gasteiger partial charge in [-0.15, -0.1) is 11.3 Å². The van der Waals surface area contributed by atoms with Crippen molar-refractivity contribution in [3.63, 3.8) is 0 Å². The van der Waals surface area contributed by atoms with Crippen molar-refractivity contribution in [1.82, 2.24) is 24.5 Å². The Balaban J connectivity index is 1.63. The van der Waals surface area contributed by atoms with Crippen LogP contribution in [0.1, 0.15) is 56.4 Å². The predicted octanol–water partition coefficient (Wildman–Crippen LogP) is 3.92. The first-order chi connectivity index (χ1) is 12.7. The van der Waals surface area contributed by atoms with Crippen LogP contribution in [0.5, 0.6) is 0 Å². The highest BCUT2D eigenvalue weighted by atomic mass is 32.1. The van der Waals surface area contributed by atoms with Gasteiger partial charge in [0.05, 0.1) is 5.39 Å². The van der Waals surface area contributed by atoms with Gasteiger partial charge in [0, 0.05) is 11.4 Å². The zero-order chi connectivity index (χ0) is 18.1. The number of hydrogen-bond acceptors (Lipinski definition) is 6. The van der Waals surface area contributed by atoms with Crippen molar-refractivity contribution in [2.24, 2.45) is 0 Å². The van der Waals surface area contributed by atoms with Gasteiger partial charge in [-0.05, 0) is 56.8 Å². The van der Waals surface area contributed by atoms with E-state index in [0.29, 0.717) is 5.92 Å². The third-order valence-electron chi connectivity index (χ3n) is 5.55. The fraction of sp³-hybridized carbons (Fsp3) is 0.632. The van der Waals surface area contributed by atoms with Gasteiger partial charge in [-0.3, -0.25) is 0 Å². The van der Waals surface area contributed by atoms with Crippen LogP contribution in [0.4, 0.5) is 5.95 Å². The van der Waals surface area contributed by atoms with Crippen LogP contribution in [0.15, 0.2) is 6.33 Å². The lowest BCUT2D eigenvalue weighted by molar-refractivity contribution is 0.303. The lowest BCUT2D eigenvalue weighted by atomic mass is 9.87. The summed E-state index contributed by atoms with van der Waals surface area (Å²) in [6.45, 7) is 11.0. The second-order valence-corrected chi connectivity index (χ2v) is 8.23. The number of rotatable bonds is 7. The number of anilines is 1. The van der Waals surface area contributed by atoms with Crippen molar-refractivity contribution >= 4 is 33.1 Å². The summed E-state index contributed by atoms with van der Waals surface area (Å²) >= 11 is 1.85. The van der Waals surface area contributed by atoms with E-state index in [2.05, 4.69) is 41.1 Å². The quantitative estimate of drug-likeness (QED) is 0.637. The molecule has 0 aromatic carbocycles. The number of aryl methyl sites for hydroxylation is 1. The van der Waals surface area contributed by atoms with E-state index in [1.807, 2.05) is 15.9 Å². The molecule has 0 amide bonds.